The van der Waals surface area contributed by atoms with Crippen LogP contribution in [0.3, 0.4) is 0 Å². The van der Waals surface area contributed by atoms with Gasteiger partial charge in [-0.15, -0.1) is 0 Å². The van der Waals surface area contributed by atoms with E-state index in [1.165, 1.54) is 0 Å². The van der Waals surface area contributed by atoms with Crippen molar-refractivity contribution in [3.8, 4) is 0 Å². The number of hydrogen-bond donors (Lipinski definition) is 0. The molecule has 0 aromatic rings. The van der Waals surface area contributed by atoms with E-state index in [0.29, 0.717) is 3.93 Å². The van der Waals surface area contributed by atoms with Crippen molar-refractivity contribution in [1.29, 1.82) is 0 Å². The summed E-state index contributed by atoms with van der Waals surface area (Å²) in [4.78, 5) is 0. The van der Waals surface area contributed by atoms with Gasteiger partial charge in [0.05, 0.1) is 0 Å². The van der Waals surface area contributed by atoms with Gasteiger partial charge in [0.2, 0.25) is 0 Å². The minimum atomic E-state index is -3.34. The van der Waals surface area contributed by atoms with E-state index < -0.39 is 19.6 Å². The van der Waals surface area contributed by atoms with Gasteiger partial charge in [-0.3, -0.25) is 0 Å². The summed E-state index contributed by atoms with van der Waals surface area (Å²) in [5.74, 6) is 0. The Morgan fingerprint density at radius 1 is 1.00 bits per heavy atom. The molecule has 0 aliphatic carbocycles. The molecule has 0 radical (unpaired) electrons. The Kier molecular flexibility index (Phi) is 4.37. The average Bonchev–Trinajstić information content (AvgIpc) is 2.24. The van der Waals surface area contributed by atoms with Crippen LogP contribution < -0.4 is 0 Å². The van der Waals surface area contributed by atoms with E-state index in [0.717, 1.165) is 13.0 Å². The second-order valence-electron chi connectivity index (χ2n) is 6.57. The van der Waals surface area contributed by atoms with Gasteiger partial charge >= 0.3 is 105 Å². The summed E-state index contributed by atoms with van der Waals surface area (Å²) in [5.41, 5.74) is -0.361. The molecule has 0 aromatic carbocycles. The second kappa shape index (κ2) is 4.75. The fourth-order valence-corrected chi connectivity index (χ4v) is 11.6. The average molecular weight is 337 g/mol. The molecule has 0 saturated carbocycles. The Hall–Kier alpha value is 0.679. The van der Waals surface area contributed by atoms with E-state index in [1.807, 2.05) is 0 Å². The Labute approximate surface area is 105 Å². The molecule has 1 rings (SSSR count). The summed E-state index contributed by atoms with van der Waals surface area (Å²) in [7, 11) is 0. The summed E-state index contributed by atoms with van der Waals surface area (Å²) >= 11 is -3.34. The number of rotatable bonds is 2. The summed E-state index contributed by atoms with van der Waals surface area (Å²) in [6, 6.07) is 0. The number of hydrogen-bond acceptors (Lipinski definition) is 3. The molecule has 0 N–H and O–H groups in total. The predicted molar refractivity (Wildman–Crippen MR) is 67.4 cm³/mol. The van der Waals surface area contributed by atoms with E-state index in [4.69, 9.17) is 9.22 Å². The SMILES string of the molecule is C[CH]1CC[O][Sn]1([O]C(C)(C)C)[O]C(C)(C)C. The van der Waals surface area contributed by atoms with Crippen LogP contribution in [0.1, 0.15) is 54.9 Å². The van der Waals surface area contributed by atoms with Crippen molar-refractivity contribution in [1.82, 2.24) is 0 Å². The molecule has 0 aromatic heterocycles. The van der Waals surface area contributed by atoms with Gasteiger partial charge in [-0.2, -0.15) is 0 Å². The van der Waals surface area contributed by atoms with Crippen LogP contribution in [0.2, 0.25) is 3.93 Å². The molecular weight excluding hydrogens is 311 g/mol. The Balaban J connectivity index is 2.85. The molecule has 1 heterocycles. The first-order chi connectivity index (χ1) is 7.04. The third kappa shape index (κ3) is 4.17. The first-order valence-electron chi connectivity index (χ1n) is 6.08. The van der Waals surface area contributed by atoms with Crippen LogP contribution in [0.4, 0.5) is 0 Å². The summed E-state index contributed by atoms with van der Waals surface area (Å²) in [6.45, 7) is 15.5. The van der Waals surface area contributed by atoms with E-state index in [1.54, 1.807) is 0 Å². The third-order valence-electron chi connectivity index (χ3n) is 2.35. The molecule has 0 amide bonds. The molecule has 0 bridgehead atoms. The third-order valence-corrected chi connectivity index (χ3v) is 13.5. The maximum atomic E-state index is 6.24. The van der Waals surface area contributed by atoms with Gasteiger partial charge in [-0.25, -0.2) is 0 Å². The van der Waals surface area contributed by atoms with Crippen LogP contribution in [-0.4, -0.2) is 37.4 Å². The van der Waals surface area contributed by atoms with Crippen molar-refractivity contribution < 1.29 is 9.22 Å². The van der Waals surface area contributed by atoms with Crippen LogP contribution in [0.25, 0.3) is 0 Å². The monoisotopic (exact) mass is 338 g/mol. The van der Waals surface area contributed by atoms with Gasteiger partial charge in [-0.05, 0) is 0 Å². The van der Waals surface area contributed by atoms with Crippen LogP contribution in [0, 0.1) is 0 Å². The van der Waals surface area contributed by atoms with Gasteiger partial charge < -0.3 is 0 Å². The molecule has 1 unspecified atom stereocenters. The Morgan fingerprint density at radius 2 is 1.44 bits per heavy atom. The molecule has 1 fully saturated rings. The van der Waals surface area contributed by atoms with Crippen molar-refractivity contribution in [3.63, 3.8) is 0 Å². The summed E-state index contributed by atoms with van der Waals surface area (Å²) in [6.07, 6.45) is 1.07. The molecule has 1 aliphatic rings. The Morgan fingerprint density at radius 3 is 1.69 bits per heavy atom. The second-order valence-corrected chi connectivity index (χ2v) is 14.8. The van der Waals surface area contributed by atoms with Crippen molar-refractivity contribution in [3.05, 3.63) is 0 Å². The summed E-state index contributed by atoms with van der Waals surface area (Å²) < 4.78 is 18.9. The molecule has 1 aliphatic heterocycles. The van der Waals surface area contributed by atoms with Crippen molar-refractivity contribution in [2.75, 3.05) is 6.61 Å². The molecule has 96 valence electrons. The normalized spacial score (nSPS) is 26.1. The predicted octanol–water partition coefficient (Wildman–Crippen LogP) is 3.37. The molecule has 3 nitrogen and oxygen atoms in total. The van der Waals surface area contributed by atoms with E-state index in [2.05, 4.69) is 48.5 Å². The fourth-order valence-electron chi connectivity index (χ4n) is 1.83. The molecular formula is C12H26O3Sn. The molecule has 16 heavy (non-hydrogen) atoms. The molecule has 1 saturated heterocycles. The topological polar surface area (TPSA) is 27.7 Å². The van der Waals surface area contributed by atoms with E-state index >= 15 is 0 Å². The molecule has 0 spiro atoms. The van der Waals surface area contributed by atoms with Crippen LogP contribution in [0.15, 0.2) is 0 Å². The van der Waals surface area contributed by atoms with Crippen molar-refractivity contribution in [2.45, 2.75) is 70.0 Å². The van der Waals surface area contributed by atoms with Gasteiger partial charge in [-0.1, -0.05) is 0 Å². The van der Waals surface area contributed by atoms with Crippen LogP contribution >= 0.6 is 0 Å². The zero-order valence-electron chi connectivity index (χ0n) is 11.7. The first-order valence-corrected chi connectivity index (χ1v) is 11.2. The van der Waals surface area contributed by atoms with Gasteiger partial charge in [0.25, 0.3) is 0 Å². The van der Waals surface area contributed by atoms with Gasteiger partial charge in [0, 0.05) is 0 Å². The minimum absolute atomic E-state index is 0.181. The molecule has 1 atom stereocenters. The Bertz CT molecular complexity index is 224. The van der Waals surface area contributed by atoms with Crippen molar-refractivity contribution in [2.24, 2.45) is 0 Å². The van der Waals surface area contributed by atoms with Gasteiger partial charge in [0.1, 0.15) is 0 Å². The van der Waals surface area contributed by atoms with Crippen molar-refractivity contribution >= 4 is 19.6 Å². The zero-order valence-corrected chi connectivity index (χ0v) is 14.6. The van der Waals surface area contributed by atoms with E-state index in [9.17, 15) is 0 Å². The van der Waals surface area contributed by atoms with Gasteiger partial charge in [0.15, 0.2) is 0 Å². The maximum absolute atomic E-state index is 6.24. The molecule has 4 heteroatoms. The standard InChI is InChI=1S/2C4H9O.C4H8O.Sn/c2*1-4(2,3)5;1-2-3-4-5;/h2*1-3H3;2H,3-4H2,1H3;/q3*-1;+3. The summed E-state index contributed by atoms with van der Waals surface area (Å²) in [5, 5.41) is 0. The van der Waals surface area contributed by atoms with Crippen LogP contribution in [0.5, 0.6) is 0 Å². The fraction of sp³-hybridized carbons (Fsp3) is 1.00. The zero-order chi connectivity index (χ0) is 12.6. The van der Waals surface area contributed by atoms with Crippen LogP contribution in [-0.2, 0) is 9.22 Å². The first kappa shape index (κ1) is 14.7. The van der Waals surface area contributed by atoms with E-state index in [-0.39, 0.29) is 11.2 Å². The quantitative estimate of drug-likeness (QED) is 0.724.